The lowest BCUT2D eigenvalue weighted by Crippen LogP contribution is -2.10. The van der Waals surface area contributed by atoms with Gasteiger partial charge in [-0.2, -0.15) is 10.1 Å². The van der Waals surface area contributed by atoms with E-state index in [1.54, 1.807) is 10.9 Å². The molecule has 1 unspecified atom stereocenters. The number of hydrogen-bond donors (Lipinski definition) is 1. The van der Waals surface area contributed by atoms with Crippen molar-refractivity contribution in [3.8, 4) is 11.5 Å². The molecule has 6 nitrogen and oxygen atoms in total. The Balaban J connectivity index is 2.35. The topological polar surface area (TPSA) is 82.8 Å². The van der Waals surface area contributed by atoms with Crippen molar-refractivity contribution in [3.63, 3.8) is 0 Å². The highest BCUT2D eigenvalue weighted by molar-refractivity contribution is 5.54. The molecular weight excluding hydrogens is 206 g/mol. The lowest BCUT2D eigenvalue weighted by Gasteiger charge is -1.98. The van der Waals surface area contributed by atoms with Crippen molar-refractivity contribution in [2.75, 3.05) is 6.54 Å². The van der Waals surface area contributed by atoms with Gasteiger partial charge in [0.15, 0.2) is 5.82 Å². The van der Waals surface area contributed by atoms with Crippen LogP contribution in [0.1, 0.15) is 24.4 Å². The zero-order valence-electron chi connectivity index (χ0n) is 9.64. The molecule has 0 aliphatic heterocycles. The number of rotatable bonds is 3. The third kappa shape index (κ3) is 1.71. The summed E-state index contributed by atoms with van der Waals surface area (Å²) in [6.07, 6.45) is 1.72. The molecule has 16 heavy (non-hydrogen) atoms. The Morgan fingerprint density at radius 3 is 2.88 bits per heavy atom. The fourth-order valence-corrected chi connectivity index (χ4v) is 1.36. The van der Waals surface area contributed by atoms with Crippen LogP contribution < -0.4 is 5.73 Å². The molecule has 0 aromatic carbocycles. The van der Waals surface area contributed by atoms with Gasteiger partial charge < -0.3 is 10.3 Å². The van der Waals surface area contributed by atoms with Crippen molar-refractivity contribution in [3.05, 3.63) is 17.7 Å². The minimum absolute atomic E-state index is 0.106. The van der Waals surface area contributed by atoms with E-state index in [1.807, 2.05) is 20.9 Å². The Bertz CT molecular complexity index is 487. The summed E-state index contributed by atoms with van der Waals surface area (Å²) in [5, 5.41) is 8.04. The van der Waals surface area contributed by atoms with E-state index >= 15 is 0 Å². The summed E-state index contributed by atoms with van der Waals surface area (Å²) in [5.41, 5.74) is 7.41. The summed E-state index contributed by atoms with van der Waals surface area (Å²) in [6.45, 7) is 4.42. The molecule has 1 atom stereocenters. The van der Waals surface area contributed by atoms with Crippen LogP contribution in [0, 0.1) is 6.92 Å². The van der Waals surface area contributed by atoms with Gasteiger partial charge in [-0.05, 0) is 6.92 Å². The zero-order chi connectivity index (χ0) is 11.7. The predicted molar refractivity (Wildman–Crippen MR) is 58.7 cm³/mol. The monoisotopic (exact) mass is 221 g/mol. The maximum Gasteiger partial charge on any atom is 0.261 e. The van der Waals surface area contributed by atoms with E-state index in [-0.39, 0.29) is 5.92 Å². The van der Waals surface area contributed by atoms with E-state index in [2.05, 4.69) is 15.2 Å². The number of aromatic nitrogens is 4. The van der Waals surface area contributed by atoms with Gasteiger partial charge in [-0.3, -0.25) is 4.68 Å². The van der Waals surface area contributed by atoms with Gasteiger partial charge in [0.25, 0.3) is 5.89 Å². The molecule has 86 valence electrons. The largest absolute Gasteiger partial charge is 0.334 e. The molecule has 2 aromatic rings. The van der Waals surface area contributed by atoms with Gasteiger partial charge in [-0.25, -0.2) is 0 Å². The molecule has 2 aromatic heterocycles. The van der Waals surface area contributed by atoms with Crippen LogP contribution in [0.2, 0.25) is 0 Å². The SMILES string of the molecule is Cc1c(-c2nc(C(C)CN)no2)cnn1C. The summed E-state index contributed by atoms with van der Waals surface area (Å²) in [7, 11) is 1.87. The lowest BCUT2D eigenvalue weighted by atomic mass is 10.2. The average Bonchev–Trinajstić information content (AvgIpc) is 2.87. The van der Waals surface area contributed by atoms with Crippen LogP contribution in [0.15, 0.2) is 10.7 Å². The minimum Gasteiger partial charge on any atom is -0.334 e. The summed E-state index contributed by atoms with van der Waals surface area (Å²) in [5.74, 6) is 1.25. The molecule has 2 rings (SSSR count). The third-order valence-electron chi connectivity index (χ3n) is 2.70. The lowest BCUT2D eigenvalue weighted by molar-refractivity contribution is 0.417. The molecule has 0 spiro atoms. The highest BCUT2D eigenvalue weighted by atomic mass is 16.5. The van der Waals surface area contributed by atoms with Crippen LogP contribution in [0.3, 0.4) is 0 Å². The molecule has 2 N–H and O–H groups in total. The molecule has 0 fully saturated rings. The predicted octanol–water partition coefficient (Wildman–Crippen LogP) is 0.841. The first-order chi connectivity index (χ1) is 7.63. The summed E-state index contributed by atoms with van der Waals surface area (Å²) >= 11 is 0. The fraction of sp³-hybridized carbons (Fsp3) is 0.500. The van der Waals surface area contributed by atoms with Gasteiger partial charge in [0.05, 0.1) is 11.8 Å². The Morgan fingerprint density at radius 1 is 1.56 bits per heavy atom. The molecule has 0 saturated carbocycles. The number of hydrogen-bond acceptors (Lipinski definition) is 5. The standard InChI is InChI=1S/C10H15N5O/c1-6(4-11)9-13-10(16-14-9)8-5-12-15(3)7(8)2/h5-6H,4,11H2,1-3H3. The van der Waals surface area contributed by atoms with Crippen LogP contribution in [0.4, 0.5) is 0 Å². The van der Waals surface area contributed by atoms with Gasteiger partial charge in [0.2, 0.25) is 0 Å². The Kier molecular flexibility index (Phi) is 2.74. The van der Waals surface area contributed by atoms with E-state index < -0.39 is 0 Å². The van der Waals surface area contributed by atoms with Crippen molar-refractivity contribution in [1.82, 2.24) is 19.9 Å². The molecule has 0 aliphatic carbocycles. The normalized spacial score (nSPS) is 13.0. The van der Waals surface area contributed by atoms with Crippen molar-refractivity contribution in [1.29, 1.82) is 0 Å². The van der Waals surface area contributed by atoms with E-state index in [0.29, 0.717) is 18.3 Å². The Labute approximate surface area is 93.4 Å². The summed E-state index contributed by atoms with van der Waals surface area (Å²) < 4.78 is 6.97. The summed E-state index contributed by atoms with van der Waals surface area (Å²) in [6, 6.07) is 0. The van der Waals surface area contributed by atoms with Crippen molar-refractivity contribution >= 4 is 0 Å². The first-order valence-corrected chi connectivity index (χ1v) is 5.16. The second kappa shape index (κ2) is 4.05. The van der Waals surface area contributed by atoms with E-state index in [0.717, 1.165) is 11.3 Å². The minimum atomic E-state index is 0.106. The molecular formula is C10H15N5O. The van der Waals surface area contributed by atoms with E-state index in [4.69, 9.17) is 10.3 Å². The number of nitrogens with two attached hydrogens (primary N) is 1. The number of aryl methyl sites for hydroxylation is 1. The van der Waals surface area contributed by atoms with Gasteiger partial charge in [0, 0.05) is 25.2 Å². The van der Waals surface area contributed by atoms with Gasteiger partial charge in [-0.15, -0.1) is 0 Å². The highest BCUT2D eigenvalue weighted by Crippen LogP contribution is 2.22. The van der Waals surface area contributed by atoms with Crippen LogP contribution >= 0.6 is 0 Å². The zero-order valence-corrected chi connectivity index (χ0v) is 9.64. The van der Waals surface area contributed by atoms with Crippen molar-refractivity contribution in [2.45, 2.75) is 19.8 Å². The summed E-state index contributed by atoms with van der Waals surface area (Å²) in [4.78, 5) is 4.31. The van der Waals surface area contributed by atoms with Crippen LogP contribution in [0.5, 0.6) is 0 Å². The molecule has 6 heteroatoms. The molecule has 0 aliphatic rings. The maximum absolute atomic E-state index is 5.55. The van der Waals surface area contributed by atoms with E-state index in [9.17, 15) is 0 Å². The Hall–Kier alpha value is -1.69. The molecule has 0 amide bonds. The van der Waals surface area contributed by atoms with Crippen molar-refractivity contribution in [2.24, 2.45) is 12.8 Å². The first kappa shape index (κ1) is 10.8. The van der Waals surface area contributed by atoms with E-state index in [1.165, 1.54) is 0 Å². The van der Waals surface area contributed by atoms with Crippen LogP contribution in [0.25, 0.3) is 11.5 Å². The third-order valence-corrected chi connectivity index (χ3v) is 2.70. The van der Waals surface area contributed by atoms with Gasteiger partial charge in [-0.1, -0.05) is 12.1 Å². The molecule has 0 bridgehead atoms. The van der Waals surface area contributed by atoms with Crippen LogP contribution in [-0.2, 0) is 7.05 Å². The molecule has 0 saturated heterocycles. The average molecular weight is 221 g/mol. The smallest absolute Gasteiger partial charge is 0.261 e. The molecule has 0 radical (unpaired) electrons. The quantitative estimate of drug-likeness (QED) is 0.830. The second-order valence-electron chi connectivity index (χ2n) is 3.86. The van der Waals surface area contributed by atoms with Gasteiger partial charge in [0.1, 0.15) is 0 Å². The number of nitrogens with zero attached hydrogens (tertiary/aromatic N) is 4. The van der Waals surface area contributed by atoms with Crippen molar-refractivity contribution < 1.29 is 4.52 Å². The second-order valence-corrected chi connectivity index (χ2v) is 3.86. The maximum atomic E-state index is 5.55. The first-order valence-electron chi connectivity index (χ1n) is 5.16. The highest BCUT2D eigenvalue weighted by Gasteiger charge is 2.16. The fourth-order valence-electron chi connectivity index (χ4n) is 1.36. The van der Waals surface area contributed by atoms with Gasteiger partial charge >= 0.3 is 0 Å². The Morgan fingerprint density at radius 2 is 2.31 bits per heavy atom. The van der Waals surface area contributed by atoms with Crippen LogP contribution in [-0.4, -0.2) is 26.5 Å². The molecule has 2 heterocycles.